The molecule has 0 aliphatic carbocycles. The van der Waals surface area contributed by atoms with Crippen LogP contribution in [0, 0.1) is 6.92 Å². The number of hydrogen-bond acceptors (Lipinski definition) is 7. The molecule has 1 heterocycles. The van der Waals surface area contributed by atoms with Crippen LogP contribution in [-0.2, 0) is 14.3 Å². The molecule has 0 radical (unpaired) electrons. The van der Waals surface area contributed by atoms with Crippen LogP contribution in [0.5, 0.6) is 5.75 Å². The fourth-order valence-electron chi connectivity index (χ4n) is 2.35. The first-order valence-corrected chi connectivity index (χ1v) is 8.01. The molecule has 0 amide bonds. The van der Waals surface area contributed by atoms with Crippen LogP contribution in [0.3, 0.4) is 0 Å². The zero-order valence-electron chi connectivity index (χ0n) is 13.8. The average Bonchev–Trinajstić information content (AvgIpc) is 2.56. The van der Waals surface area contributed by atoms with E-state index in [2.05, 4.69) is 0 Å². The number of aliphatic hydroxyl groups is 3. The third kappa shape index (κ3) is 4.67. The van der Waals surface area contributed by atoms with Crippen LogP contribution in [0.1, 0.15) is 25.3 Å². The molecular weight excluding hydrogens is 316 g/mol. The standard InChI is InChI=1S/C17H24O7/c1-3-4-13(18)22-9-12-14(19)15(20)16(21)17(24-12)23-11-7-5-10(2)6-8-11/h5-8,12,14-17,19-21H,3-4,9H2,1-2H3/t12-,14?,15+,16+,17+/m1/s1. The number of hydrogen-bond donors (Lipinski definition) is 3. The first kappa shape index (κ1) is 18.7. The normalized spacial score (nSPS) is 30.0. The van der Waals surface area contributed by atoms with Crippen LogP contribution in [0.4, 0.5) is 0 Å². The van der Waals surface area contributed by atoms with Gasteiger partial charge in [-0.25, -0.2) is 0 Å². The highest BCUT2D eigenvalue weighted by Crippen LogP contribution is 2.25. The molecule has 1 unspecified atom stereocenters. The second-order valence-corrected chi connectivity index (χ2v) is 5.88. The maximum Gasteiger partial charge on any atom is 0.305 e. The molecule has 0 spiro atoms. The van der Waals surface area contributed by atoms with E-state index in [1.165, 1.54) is 0 Å². The maximum absolute atomic E-state index is 11.4. The summed E-state index contributed by atoms with van der Waals surface area (Å²) in [6, 6.07) is 7.08. The van der Waals surface area contributed by atoms with Gasteiger partial charge in [-0.3, -0.25) is 4.79 Å². The van der Waals surface area contributed by atoms with Crippen molar-refractivity contribution in [1.29, 1.82) is 0 Å². The van der Waals surface area contributed by atoms with Crippen LogP contribution in [-0.4, -0.2) is 58.6 Å². The van der Waals surface area contributed by atoms with Gasteiger partial charge in [0.1, 0.15) is 36.8 Å². The number of carbonyl (C=O) groups excluding carboxylic acids is 1. The minimum absolute atomic E-state index is 0.225. The van der Waals surface area contributed by atoms with Crippen molar-refractivity contribution in [3.63, 3.8) is 0 Å². The fraction of sp³-hybridized carbons (Fsp3) is 0.588. The topological polar surface area (TPSA) is 105 Å². The molecule has 24 heavy (non-hydrogen) atoms. The van der Waals surface area contributed by atoms with Crippen LogP contribution < -0.4 is 4.74 Å². The predicted octanol–water partition coefficient (Wildman–Crippen LogP) is 0.525. The lowest BCUT2D eigenvalue weighted by Gasteiger charge is -2.39. The third-order valence-electron chi connectivity index (χ3n) is 3.80. The van der Waals surface area contributed by atoms with E-state index in [1.54, 1.807) is 12.1 Å². The summed E-state index contributed by atoms with van der Waals surface area (Å²) in [6.07, 6.45) is -5.54. The summed E-state index contributed by atoms with van der Waals surface area (Å²) in [5.41, 5.74) is 1.05. The van der Waals surface area contributed by atoms with Gasteiger partial charge in [0.05, 0.1) is 0 Å². The first-order chi connectivity index (χ1) is 11.4. The quantitative estimate of drug-likeness (QED) is 0.649. The van der Waals surface area contributed by atoms with Crippen molar-refractivity contribution in [2.45, 2.75) is 57.4 Å². The molecular formula is C17H24O7. The second kappa shape index (κ2) is 8.43. The van der Waals surface area contributed by atoms with E-state index in [-0.39, 0.29) is 13.0 Å². The summed E-state index contributed by atoms with van der Waals surface area (Å²) in [5, 5.41) is 30.0. The Morgan fingerprint density at radius 3 is 2.42 bits per heavy atom. The molecule has 1 aliphatic heterocycles. The van der Waals surface area contributed by atoms with Gasteiger partial charge in [0.2, 0.25) is 6.29 Å². The summed E-state index contributed by atoms with van der Waals surface area (Å²) < 4.78 is 16.0. The molecule has 1 aliphatic rings. The smallest absolute Gasteiger partial charge is 0.305 e. The monoisotopic (exact) mass is 340 g/mol. The summed E-state index contributed by atoms with van der Waals surface area (Å²) in [5.74, 6) is 0.0416. The Balaban J connectivity index is 2.00. The Hall–Kier alpha value is -1.67. The summed E-state index contributed by atoms with van der Waals surface area (Å²) in [7, 11) is 0. The van der Waals surface area contributed by atoms with Gasteiger partial charge in [-0.15, -0.1) is 0 Å². The van der Waals surface area contributed by atoms with Crippen molar-refractivity contribution in [3.05, 3.63) is 29.8 Å². The van der Waals surface area contributed by atoms with Crippen molar-refractivity contribution >= 4 is 5.97 Å². The van der Waals surface area contributed by atoms with Gasteiger partial charge in [0, 0.05) is 6.42 Å². The van der Waals surface area contributed by atoms with E-state index in [4.69, 9.17) is 14.2 Å². The Bertz CT molecular complexity index is 530. The lowest BCUT2D eigenvalue weighted by molar-refractivity contribution is -0.278. The molecule has 3 N–H and O–H groups in total. The number of aliphatic hydroxyl groups excluding tert-OH is 3. The van der Waals surface area contributed by atoms with E-state index in [1.807, 2.05) is 26.0 Å². The fourth-order valence-corrected chi connectivity index (χ4v) is 2.35. The summed E-state index contributed by atoms with van der Waals surface area (Å²) in [6.45, 7) is 3.55. The number of aryl methyl sites for hydroxylation is 1. The molecule has 7 nitrogen and oxygen atoms in total. The molecule has 1 aromatic rings. The lowest BCUT2D eigenvalue weighted by atomic mass is 9.99. The van der Waals surface area contributed by atoms with Crippen LogP contribution in [0.2, 0.25) is 0 Å². The van der Waals surface area contributed by atoms with Crippen LogP contribution in [0.15, 0.2) is 24.3 Å². The number of ether oxygens (including phenoxy) is 3. The second-order valence-electron chi connectivity index (χ2n) is 5.88. The number of rotatable bonds is 6. The highest BCUT2D eigenvalue weighted by Gasteiger charge is 2.45. The molecule has 7 heteroatoms. The van der Waals surface area contributed by atoms with Crippen molar-refractivity contribution in [2.24, 2.45) is 0 Å². The Morgan fingerprint density at radius 1 is 1.12 bits per heavy atom. The largest absolute Gasteiger partial charge is 0.463 e. The van der Waals surface area contributed by atoms with E-state index >= 15 is 0 Å². The molecule has 0 saturated carbocycles. The van der Waals surface area contributed by atoms with Crippen molar-refractivity contribution in [2.75, 3.05) is 6.61 Å². The molecule has 1 fully saturated rings. The van der Waals surface area contributed by atoms with Gasteiger partial charge in [0.15, 0.2) is 0 Å². The molecule has 1 aromatic carbocycles. The van der Waals surface area contributed by atoms with Gasteiger partial charge >= 0.3 is 5.97 Å². The first-order valence-electron chi connectivity index (χ1n) is 8.01. The Kier molecular flexibility index (Phi) is 6.56. The van der Waals surface area contributed by atoms with Crippen molar-refractivity contribution < 1.29 is 34.3 Å². The summed E-state index contributed by atoms with van der Waals surface area (Å²) in [4.78, 5) is 11.4. The average molecular weight is 340 g/mol. The van der Waals surface area contributed by atoms with E-state index < -0.39 is 36.7 Å². The van der Waals surface area contributed by atoms with E-state index in [0.717, 1.165) is 5.56 Å². The molecule has 0 aromatic heterocycles. The molecule has 2 rings (SSSR count). The highest BCUT2D eigenvalue weighted by molar-refractivity contribution is 5.69. The molecule has 5 atom stereocenters. The lowest BCUT2D eigenvalue weighted by Crippen LogP contribution is -2.60. The maximum atomic E-state index is 11.4. The van der Waals surface area contributed by atoms with Crippen molar-refractivity contribution in [1.82, 2.24) is 0 Å². The predicted molar refractivity (Wildman–Crippen MR) is 84.4 cm³/mol. The van der Waals surface area contributed by atoms with Crippen molar-refractivity contribution in [3.8, 4) is 5.75 Å². The van der Waals surface area contributed by atoms with E-state index in [9.17, 15) is 20.1 Å². The van der Waals surface area contributed by atoms with Gasteiger partial charge in [-0.1, -0.05) is 24.6 Å². The number of carbonyl (C=O) groups is 1. The third-order valence-corrected chi connectivity index (χ3v) is 3.80. The van der Waals surface area contributed by atoms with Gasteiger partial charge in [-0.05, 0) is 25.5 Å². The van der Waals surface area contributed by atoms with Crippen LogP contribution >= 0.6 is 0 Å². The SMILES string of the molecule is CCCC(=O)OC[C@H]1O[C@H](Oc2ccc(C)cc2)[C@@H](O)[C@@H](O)C1O. The molecule has 134 valence electrons. The molecule has 1 saturated heterocycles. The Morgan fingerprint density at radius 2 is 1.79 bits per heavy atom. The summed E-state index contributed by atoms with van der Waals surface area (Å²) >= 11 is 0. The number of esters is 1. The Labute approximate surface area is 140 Å². The minimum Gasteiger partial charge on any atom is -0.463 e. The number of benzene rings is 1. The molecule has 0 bridgehead atoms. The van der Waals surface area contributed by atoms with Gasteiger partial charge < -0.3 is 29.5 Å². The van der Waals surface area contributed by atoms with Gasteiger partial charge in [0.25, 0.3) is 0 Å². The zero-order valence-corrected chi connectivity index (χ0v) is 13.8. The highest BCUT2D eigenvalue weighted by atomic mass is 16.7. The minimum atomic E-state index is -1.47. The van der Waals surface area contributed by atoms with E-state index in [0.29, 0.717) is 12.2 Å². The van der Waals surface area contributed by atoms with Crippen LogP contribution in [0.25, 0.3) is 0 Å². The van der Waals surface area contributed by atoms with Gasteiger partial charge in [-0.2, -0.15) is 0 Å². The zero-order chi connectivity index (χ0) is 17.7.